The molecule has 0 aliphatic heterocycles. The number of carboxylic acid groups (broad SMARTS) is 1. The first kappa shape index (κ1) is 41.8. The van der Waals surface area contributed by atoms with Crippen LogP contribution in [0.4, 0.5) is 0 Å². The molecule has 0 aliphatic rings. The first-order valence-electron chi connectivity index (χ1n) is 17.4. The number of hydrogen-bond acceptors (Lipinski definition) is 7. The van der Waals surface area contributed by atoms with Crippen molar-refractivity contribution in [3.05, 3.63) is 24.3 Å². The van der Waals surface area contributed by atoms with Gasteiger partial charge in [-0.1, -0.05) is 109 Å². The van der Waals surface area contributed by atoms with E-state index in [0.717, 1.165) is 32.1 Å². The molecular formula is C36H65NO7. The molecule has 44 heavy (non-hydrogen) atoms. The number of likely N-dealkylation sites (N-methyl/N-ethyl adjacent to an activating group) is 1. The standard InChI is InChI=1S/C36H65NO7/c1-6-8-10-12-14-15-16-17-18-19-21-23-25-27-35(39)44-32(30-42-29-28-33(36(40)41)37(3,4)5)31-43-34(38)26-24-22-20-13-11-9-7-2/h17-18,21,23,32-33H,6-16,19-20,22,24-31H2,1-5H3/b18-17+,23-21+. The Morgan fingerprint density at radius 3 is 1.84 bits per heavy atom. The summed E-state index contributed by atoms with van der Waals surface area (Å²) < 4.78 is 16.9. The number of carbonyl (C=O) groups is 3. The molecule has 2 unspecified atom stereocenters. The third-order valence-corrected chi connectivity index (χ3v) is 7.60. The van der Waals surface area contributed by atoms with Crippen molar-refractivity contribution < 1.29 is 38.2 Å². The van der Waals surface area contributed by atoms with Crippen molar-refractivity contribution in [1.29, 1.82) is 0 Å². The van der Waals surface area contributed by atoms with E-state index in [1.807, 2.05) is 6.08 Å². The third-order valence-electron chi connectivity index (χ3n) is 7.60. The highest BCUT2D eigenvalue weighted by Crippen LogP contribution is 2.11. The smallest absolute Gasteiger partial charge is 0.306 e. The van der Waals surface area contributed by atoms with E-state index >= 15 is 0 Å². The van der Waals surface area contributed by atoms with Gasteiger partial charge in [-0.05, 0) is 32.1 Å². The van der Waals surface area contributed by atoms with Crippen LogP contribution in [0.15, 0.2) is 24.3 Å². The number of nitrogens with zero attached hydrogens (tertiary/aromatic N) is 1. The highest BCUT2D eigenvalue weighted by atomic mass is 16.6. The maximum atomic E-state index is 12.5. The van der Waals surface area contributed by atoms with Crippen LogP contribution in [0.25, 0.3) is 0 Å². The number of carboxylic acids is 1. The number of hydrogen-bond donors (Lipinski definition) is 0. The summed E-state index contributed by atoms with van der Waals surface area (Å²) in [6.45, 7) is 4.52. The molecule has 0 bridgehead atoms. The molecule has 8 nitrogen and oxygen atoms in total. The monoisotopic (exact) mass is 623 g/mol. The molecule has 0 fully saturated rings. The predicted octanol–water partition coefficient (Wildman–Crippen LogP) is 6.85. The molecule has 8 heteroatoms. The number of esters is 2. The molecular weight excluding hydrogens is 558 g/mol. The summed E-state index contributed by atoms with van der Waals surface area (Å²) >= 11 is 0. The van der Waals surface area contributed by atoms with Gasteiger partial charge in [0, 0.05) is 19.3 Å². The predicted molar refractivity (Wildman–Crippen MR) is 176 cm³/mol. The van der Waals surface area contributed by atoms with Gasteiger partial charge in [0.05, 0.1) is 40.3 Å². The van der Waals surface area contributed by atoms with Crippen LogP contribution in [0.1, 0.15) is 136 Å². The third kappa shape index (κ3) is 26.2. The van der Waals surface area contributed by atoms with E-state index in [4.69, 9.17) is 14.2 Å². The summed E-state index contributed by atoms with van der Waals surface area (Å²) in [6, 6.07) is -0.729. The van der Waals surface area contributed by atoms with Crippen molar-refractivity contribution in [2.24, 2.45) is 0 Å². The zero-order valence-corrected chi connectivity index (χ0v) is 28.8. The lowest BCUT2D eigenvalue weighted by Crippen LogP contribution is -2.55. The molecule has 0 N–H and O–H groups in total. The highest BCUT2D eigenvalue weighted by molar-refractivity contribution is 5.70. The quantitative estimate of drug-likeness (QED) is 0.0373. The van der Waals surface area contributed by atoms with E-state index in [2.05, 4.69) is 32.1 Å². The Kier molecular flexibility index (Phi) is 26.9. The number of rotatable bonds is 30. The lowest BCUT2D eigenvalue weighted by Gasteiger charge is -2.34. The number of unbranched alkanes of at least 4 members (excludes halogenated alkanes) is 12. The van der Waals surface area contributed by atoms with E-state index in [-0.39, 0.29) is 49.1 Å². The van der Waals surface area contributed by atoms with Gasteiger partial charge in [-0.25, -0.2) is 0 Å². The van der Waals surface area contributed by atoms with Gasteiger partial charge in [0.1, 0.15) is 12.6 Å². The van der Waals surface area contributed by atoms with E-state index in [9.17, 15) is 19.5 Å². The zero-order valence-electron chi connectivity index (χ0n) is 28.8. The molecule has 0 aromatic rings. The molecule has 2 atom stereocenters. The topological polar surface area (TPSA) is 102 Å². The van der Waals surface area contributed by atoms with E-state index < -0.39 is 18.1 Å². The van der Waals surface area contributed by atoms with Gasteiger partial charge < -0.3 is 28.6 Å². The molecule has 0 aromatic heterocycles. The van der Waals surface area contributed by atoms with Crippen molar-refractivity contribution in [1.82, 2.24) is 0 Å². The van der Waals surface area contributed by atoms with E-state index in [1.165, 1.54) is 64.2 Å². The van der Waals surface area contributed by atoms with Crippen LogP contribution in [0.3, 0.4) is 0 Å². The summed E-state index contributed by atoms with van der Waals surface area (Å²) in [5.41, 5.74) is 0. The average Bonchev–Trinajstić information content (AvgIpc) is 2.96. The molecule has 0 amide bonds. The number of ether oxygens (including phenoxy) is 3. The second-order valence-corrected chi connectivity index (χ2v) is 12.8. The Morgan fingerprint density at radius 1 is 0.682 bits per heavy atom. The molecule has 0 heterocycles. The Hall–Kier alpha value is -2.19. The molecule has 0 spiro atoms. The summed E-state index contributed by atoms with van der Waals surface area (Å²) in [5, 5.41) is 11.5. The summed E-state index contributed by atoms with van der Waals surface area (Å²) in [4.78, 5) is 36.3. The van der Waals surface area contributed by atoms with Gasteiger partial charge >= 0.3 is 11.9 Å². The van der Waals surface area contributed by atoms with Gasteiger partial charge in [-0.15, -0.1) is 0 Å². The number of aliphatic carboxylic acids is 1. The fourth-order valence-corrected chi connectivity index (χ4v) is 4.83. The lowest BCUT2D eigenvalue weighted by molar-refractivity contribution is -0.889. The fraction of sp³-hybridized carbons (Fsp3) is 0.806. The SMILES string of the molecule is CCCCCCCC/C=C/C/C=C/CCC(=O)OC(COCCC(C(=O)[O-])[N+](C)(C)C)COC(=O)CCCCCCCCC. The maximum Gasteiger partial charge on any atom is 0.306 e. The van der Waals surface area contributed by atoms with Crippen molar-refractivity contribution in [3.63, 3.8) is 0 Å². The molecule has 0 aromatic carbocycles. The Labute approximate surface area is 269 Å². The fourth-order valence-electron chi connectivity index (χ4n) is 4.83. The van der Waals surface area contributed by atoms with Crippen LogP contribution in [0.2, 0.25) is 0 Å². The molecule has 0 radical (unpaired) electrons. The lowest BCUT2D eigenvalue weighted by atomic mass is 10.1. The van der Waals surface area contributed by atoms with Crippen molar-refractivity contribution >= 4 is 17.9 Å². The minimum absolute atomic E-state index is 0.0204. The van der Waals surface area contributed by atoms with Crippen molar-refractivity contribution in [2.45, 2.75) is 148 Å². The molecule has 0 aliphatic carbocycles. The van der Waals surface area contributed by atoms with Gasteiger partial charge in [0.25, 0.3) is 0 Å². The van der Waals surface area contributed by atoms with Gasteiger partial charge in [-0.3, -0.25) is 9.59 Å². The van der Waals surface area contributed by atoms with Gasteiger partial charge in [0.2, 0.25) is 0 Å². The molecule has 0 saturated carbocycles. The first-order valence-corrected chi connectivity index (χ1v) is 17.4. The second kappa shape index (κ2) is 28.3. The maximum absolute atomic E-state index is 12.5. The summed E-state index contributed by atoms with van der Waals surface area (Å²) in [5.74, 6) is -1.83. The molecule has 0 rings (SSSR count). The van der Waals surface area contributed by atoms with Crippen LogP contribution in [0.5, 0.6) is 0 Å². The van der Waals surface area contributed by atoms with Gasteiger partial charge in [-0.2, -0.15) is 0 Å². The van der Waals surface area contributed by atoms with Crippen LogP contribution in [0, 0.1) is 0 Å². The molecule has 256 valence electrons. The number of allylic oxidation sites excluding steroid dienone is 4. The van der Waals surface area contributed by atoms with Gasteiger partial charge in [0.15, 0.2) is 6.10 Å². The Morgan fingerprint density at radius 2 is 1.25 bits per heavy atom. The van der Waals surface area contributed by atoms with Crippen molar-refractivity contribution in [2.75, 3.05) is 41.0 Å². The second-order valence-electron chi connectivity index (χ2n) is 12.8. The minimum Gasteiger partial charge on any atom is -0.544 e. The number of carbonyl (C=O) groups excluding carboxylic acids is 3. The minimum atomic E-state index is -1.13. The van der Waals surface area contributed by atoms with E-state index in [0.29, 0.717) is 12.8 Å². The summed E-state index contributed by atoms with van der Waals surface area (Å²) in [7, 11) is 5.37. The van der Waals surface area contributed by atoms with Crippen molar-refractivity contribution in [3.8, 4) is 0 Å². The van der Waals surface area contributed by atoms with Crippen LogP contribution in [-0.4, -0.2) is 75.5 Å². The highest BCUT2D eigenvalue weighted by Gasteiger charge is 2.25. The molecule has 0 saturated heterocycles. The van der Waals surface area contributed by atoms with Crippen LogP contribution < -0.4 is 5.11 Å². The first-order chi connectivity index (χ1) is 21.1. The normalized spacial score (nSPS) is 13.4. The Balaban J connectivity index is 4.55. The van der Waals surface area contributed by atoms with E-state index in [1.54, 1.807) is 21.1 Å². The zero-order chi connectivity index (χ0) is 32.9. The van der Waals surface area contributed by atoms with Crippen LogP contribution >= 0.6 is 0 Å². The summed E-state index contributed by atoms with van der Waals surface area (Å²) in [6.07, 6.45) is 26.6. The van der Waals surface area contributed by atoms with Crippen LogP contribution in [-0.2, 0) is 28.6 Å². The largest absolute Gasteiger partial charge is 0.544 e. The average molecular weight is 624 g/mol. The Bertz CT molecular complexity index is 788. The number of quaternary nitrogens is 1.